The van der Waals surface area contributed by atoms with Gasteiger partial charge in [0.2, 0.25) is 5.60 Å². The molecule has 2 aliphatic heterocycles. The zero-order valence-corrected chi connectivity index (χ0v) is 17.9. The van der Waals surface area contributed by atoms with Gasteiger partial charge in [-0.3, -0.25) is 9.59 Å². The second kappa shape index (κ2) is 6.81. The van der Waals surface area contributed by atoms with Crippen LogP contribution in [0.15, 0.2) is 29.1 Å². The average Bonchev–Trinajstić information content (AvgIpc) is 3.13. The van der Waals surface area contributed by atoms with Gasteiger partial charge >= 0.3 is 11.9 Å². The first kappa shape index (κ1) is 20.0. The fraction of sp³-hybridized carbons (Fsp3) is 0.304. The lowest BCUT2D eigenvalue weighted by molar-refractivity contribution is -0.188. The van der Waals surface area contributed by atoms with Gasteiger partial charge in [-0.05, 0) is 24.6 Å². The van der Waals surface area contributed by atoms with E-state index in [0.29, 0.717) is 40.3 Å². The normalized spacial score (nSPS) is 18.5. The largest absolute Gasteiger partial charge is 0.457 e. The first-order chi connectivity index (χ1) is 15.3. The number of benzene rings is 1. The van der Waals surface area contributed by atoms with Crippen LogP contribution in [0.3, 0.4) is 0 Å². The van der Waals surface area contributed by atoms with Gasteiger partial charge in [0, 0.05) is 36.2 Å². The van der Waals surface area contributed by atoms with Crippen molar-refractivity contribution in [1.82, 2.24) is 9.55 Å². The molecule has 5 rings (SSSR count). The van der Waals surface area contributed by atoms with E-state index in [4.69, 9.17) is 20.2 Å². The summed E-state index contributed by atoms with van der Waals surface area (Å²) in [4.78, 5) is 42.9. The fourth-order valence-corrected chi connectivity index (χ4v) is 4.84. The van der Waals surface area contributed by atoms with Crippen LogP contribution in [-0.4, -0.2) is 28.5 Å². The molecule has 4 heterocycles. The van der Waals surface area contributed by atoms with Gasteiger partial charge in [0.15, 0.2) is 0 Å². The van der Waals surface area contributed by atoms with Crippen LogP contribution >= 0.6 is 0 Å². The second-order valence-electron chi connectivity index (χ2n) is 7.97. The molecule has 0 spiro atoms. The zero-order chi connectivity index (χ0) is 22.8. The lowest BCUT2D eigenvalue weighted by Gasteiger charge is -2.35. The van der Waals surface area contributed by atoms with E-state index in [1.807, 2.05) is 18.2 Å². The number of rotatable bonds is 3. The summed E-state index contributed by atoms with van der Waals surface area (Å²) in [5.74, 6) is -1.31. The van der Waals surface area contributed by atoms with E-state index in [1.54, 1.807) is 24.6 Å². The summed E-state index contributed by atoms with van der Waals surface area (Å²) in [6.07, 6.45) is 0.137. The van der Waals surface area contributed by atoms with Gasteiger partial charge in [-0.1, -0.05) is 13.0 Å². The summed E-state index contributed by atoms with van der Waals surface area (Å²) in [5, 5.41) is 4.00. The molecule has 2 aliphatic rings. The summed E-state index contributed by atoms with van der Waals surface area (Å²) < 4.78 is 12.4. The molecule has 0 radical (unpaired) electrons. The minimum absolute atomic E-state index is 0.137. The van der Waals surface area contributed by atoms with Crippen LogP contribution in [0.5, 0.6) is 0 Å². The number of cyclic esters (lactones) is 1. The number of esters is 2. The predicted molar refractivity (Wildman–Crippen MR) is 118 cm³/mol. The third-order valence-electron chi connectivity index (χ3n) is 6.28. The summed E-state index contributed by atoms with van der Waals surface area (Å²) in [5.41, 5.74) is 9.02. The van der Waals surface area contributed by atoms with Gasteiger partial charge in [-0.2, -0.15) is 0 Å². The Labute approximate surface area is 183 Å². The summed E-state index contributed by atoms with van der Waals surface area (Å²) in [6, 6.07) is 7.23. The number of nitrogens with two attached hydrogens (primary N) is 1. The number of carbonyl (C=O) groups excluding carboxylic acids is 2. The molecule has 32 heavy (non-hydrogen) atoms. The molecule has 3 N–H and O–H groups in total. The summed E-state index contributed by atoms with van der Waals surface area (Å²) in [7, 11) is 1.80. The number of hydrogen-bond donors (Lipinski definition) is 2. The first-order valence-corrected chi connectivity index (χ1v) is 10.4. The molecule has 0 fully saturated rings. The highest BCUT2D eigenvalue weighted by molar-refractivity contribution is 6.04. The molecule has 0 unspecified atom stereocenters. The number of hydrogen-bond acceptors (Lipinski definition) is 8. The van der Waals surface area contributed by atoms with Crippen molar-refractivity contribution in [3.8, 4) is 11.4 Å². The van der Waals surface area contributed by atoms with Gasteiger partial charge in [0.05, 0.1) is 34.7 Å². The molecule has 0 amide bonds. The number of ether oxygens (including phenoxy) is 2. The van der Waals surface area contributed by atoms with Crippen LogP contribution in [0.25, 0.3) is 22.3 Å². The van der Waals surface area contributed by atoms with Gasteiger partial charge in [-0.15, -0.1) is 0 Å². The van der Waals surface area contributed by atoms with Crippen molar-refractivity contribution in [2.45, 2.75) is 39.0 Å². The van der Waals surface area contributed by atoms with E-state index in [-0.39, 0.29) is 18.6 Å². The van der Waals surface area contributed by atoms with E-state index in [9.17, 15) is 14.4 Å². The second-order valence-corrected chi connectivity index (χ2v) is 7.97. The molecule has 9 nitrogen and oxygen atoms in total. The number of nitrogen functional groups attached to an aromatic ring is 1. The van der Waals surface area contributed by atoms with E-state index >= 15 is 0 Å². The number of fused-ring (bicyclic) bond motifs is 5. The van der Waals surface area contributed by atoms with Gasteiger partial charge in [-0.25, -0.2) is 9.78 Å². The topological polar surface area (TPSA) is 126 Å². The third kappa shape index (κ3) is 2.50. The standard InChI is InChI=1S/C23H22N4O5/c1-4-23(32-11(2)28)14-8-17-19-12(9-27(17)21(29)13(14)10-31-22(23)30)20(25-3)18-15(24)6-5-7-16(18)26-19/h5-8H,4,9-10,24H2,1-3H3,(H,25,26)/t23-/m0/s1. The SMILES string of the molecule is CC[C@@]1(OC(C)=O)C(=O)OCc2c1cc1n(c2=O)Cc2c-1nc1cccc(N)c1c2NC. The Morgan fingerprint density at radius 2 is 2.12 bits per heavy atom. The smallest absolute Gasteiger partial charge is 0.355 e. The Balaban J connectivity index is 1.83. The fourth-order valence-electron chi connectivity index (χ4n) is 4.84. The molecule has 9 heteroatoms. The Morgan fingerprint density at radius 3 is 2.81 bits per heavy atom. The quantitative estimate of drug-likeness (QED) is 0.372. The monoisotopic (exact) mass is 434 g/mol. The van der Waals surface area contributed by atoms with Crippen molar-refractivity contribution < 1.29 is 19.1 Å². The first-order valence-electron chi connectivity index (χ1n) is 10.4. The van der Waals surface area contributed by atoms with Crippen molar-refractivity contribution in [2.24, 2.45) is 0 Å². The summed E-state index contributed by atoms with van der Waals surface area (Å²) in [6.45, 7) is 3.07. The molecular weight excluding hydrogens is 412 g/mol. The maximum Gasteiger partial charge on any atom is 0.355 e. The number of pyridine rings is 2. The van der Waals surface area contributed by atoms with Crippen molar-refractivity contribution in [3.63, 3.8) is 0 Å². The van der Waals surface area contributed by atoms with Crippen LogP contribution in [0.2, 0.25) is 0 Å². The van der Waals surface area contributed by atoms with E-state index in [0.717, 1.165) is 16.6 Å². The van der Waals surface area contributed by atoms with Crippen LogP contribution in [0.1, 0.15) is 37.0 Å². The number of carbonyl (C=O) groups is 2. The third-order valence-corrected chi connectivity index (χ3v) is 6.28. The summed E-state index contributed by atoms with van der Waals surface area (Å²) >= 11 is 0. The maximum absolute atomic E-state index is 13.5. The maximum atomic E-state index is 13.5. The molecule has 1 atom stereocenters. The minimum Gasteiger partial charge on any atom is -0.457 e. The van der Waals surface area contributed by atoms with Crippen LogP contribution < -0.4 is 16.6 Å². The molecule has 0 saturated heterocycles. The van der Waals surface area contributed by atoms with E-state index in [1.165, 1.54) is 6.92 Å². The molecule has 0 saturated carbocycles. The van der Waals surface area contributed by atoms with Crippen molar-refractivity contribution in [1.29, 1.82) is 0 Å². The lowest BCUT2D eigenvalue weighted by Crippen LogP contribution is -2.47. The highest BCUT2D eigenvalue weighted by Crippen LogP contribution is 2.43. The van der Waals surface area contributed by atoms with E-state index in [2.05, 4.69) is 5.32 Å². The molecule has 3 aromatic rings. The van der Waals surface area contributed by atoms with Gasteiger partial charge in [0.1, 0.15) is 6.61 Å². The minimum atomic E-state index is -1.66. The number of aromatic nitrogens is 2. The van der Waals surface area contributed by atoms with E-state index < -0.39 is 17.5 Å². The zero-order valence-electron chi connectivity index (χ0n) is 17.9. The Kier molecular flexibility index (Phi) is 4.27. The Hall–Kier alpha value is -3.88. The predicted octanol–water partition coefficient (Wildman–Crippen LogP) is 2.27. The average molecular weight is 434 g/mol. The number of nitrogens with zero attached hydrogens (tertiary/aromatic N) is 2. The van der Waals surface area contributed by atoms with Crippen LogP contribution in [0.4, 0.5) is 11.4 Å². The molecule has 0 aliphatic carbocycles. The Morgan fingerprint density at radius 1 is 1.34 bits per heavy atom. The highest BCUT2D eigenvalue weighted by atomic mass is 16.6. The van der Waals surface area contributed by atoms with Gasteiger partial charge in [0.25, 0.3) is 5.56 Å². The molecule has 164 valence electrons. The molecule has 1 aromatic carbocycles. The number of anilines is 2. The van der Waals surface area contributed by atoms with Crippen molar-refractivity contribution >= 4 is 34.2 Å². The Bertz CT molecular complexity index is 1390. The lowest BCUT2D eigenvalue weighted by atomic mass is 9.85. The van der Waals surface area contributed by atoms with Crippen molar-refractivity contribution in [2.75, 3.05) is 18.1 Å². The van der Waals surface area contributed by atoms with Crippen molar-refractivity contribution in [3.05, 3.63) is 51.3 Å². The number of nitrogens with one attached hydrogen (secondary N) is 1. The molecule has 0 bridgehead atoms. The molecular formula is C23H22N4O5. The van der Waals surface area contributed by atoms with Crippen LogP contribution in [-0.2, 0) is 37.8 Å². The van der Waals surface area contributed by atoms with Crippen LogP contribution in [0, 0.1) is 0 Å². The highest BCUT2D eigenvalue weighted by Gasteiger charge is 2.50. The molecule has 2 aromatic heterocycles. The van der Waals surface area contributed by atoms with Gasteiger partial charge < -0.3 is 25.1 Å².